The Labute approximate surface area is 143 Å². The number of halogens is 2. The van der Waals surface area contributed by atoms with E-state index in [1.165, 1.54) is 11.1 Å². The van der Waals surface area contributed by atoms with Gasteiger partial charge < -0.3 is 10.2 Å². The Balaban J connectivity index is 1.95. The number of nitrogens with one attached hydrogen (secondary N) is 1. The quantitative estimate of drug-likeness (QED) is 0.746. The third-order valence-corrected chi connectivity index (χ3v) is 5.34. The highest BCUT2D eigenvalue weighted by Crippen LogP contribution is 2.24. The van der Waals surface area contributed by atoms with Crippen LogP contribution < -0.4 is 5.32 Å². The normalized spacial score (nSPS) is 12.6. The summed E-state index contributed by atoms with van der Waals surface area (Å²) in [6, 6.07) is 17.3. The predicted octanol–water partition coefficient (Wildman–Crippen LogP) is 4.60. The SMILES string of the molecule is CN(C)C(CNCc1ccc(Br)c(Br)c1)c1ccccc1. The molecule has 0 aromatic heterocycles. The van der Waals surface area contributed by atoms with Crippen LogP contribution in [0.1, 0.15) is 17.2 Å². The van der Waals surface area contributed by atoms with Gasteiger partial charge in [-0.1, -0.05) is 36.4 Å². The molecule has 0 aliphatic heterocycles. The first-order valence-electron chi connectivity index (χ1n) is 6.94. The van der Waals surface area contributed by atoms with Gasteiger partial charge in [0.05, 0.1) is 0 Å². The molecule has 112 valence electrons. The fourth-order valence-corrected chi connectivity index (χ4v) is 2.95. The molecule has 0 spiro atoms. The van der Waals surface area contributed by atoms with Crippen molar-refractivity contribution in [2.45, 2.75) is 12.6 Å². The summed E-state index contributed by atoms with van der Waals surface area (Å²) in [5, 5.41) is 3.55. The van der Waals surface area contributed by atoms with Gasteiger partial charge in [-0.2, -0.15) is 0 Å². The van der Waals surface area contributed by atoms with E-state index in [4.69, 9.17) is 0 Å². The van der Waals surface area contributed by atoms with Gasteiger partial charge in [-0.25, -0.2) is 0 Å². The third-order valence-electron chi connectivity index (χ3n) is 3.46. The van der Waals surface area contributed by atoms with Crippen LogP contribution in [0.15, 0.2) is 57.5 Å². The number of rotatable bonds is 6. The van der Waals surface area contributed by atoms with Crippen molar-refractivity contribution < 1.29 is 0 Å². The van der Waals surface area contributed by atoms with Crippen molar-refractivity contribution in [3.05, 3.63) is 68.6 Å². The van der Waals surface area contributed by atoms with E-state index in [1.807, 2.05) is 0 Å². The molecule has 21 heavy (non-hydrogen) atoms. The lowest BCUT2D eigenvalue weighted by atomic mass is 10.1. The summed E-state index contributed by atoms with van der Waals surface area (Å²) in [4.78, 5) is 2.25. The summed E-state index contributed by atoms with van der Waals surface area (Å²) in [6.07, 6.45) is 0. The molecular weight excluding hydrogens is 392 g/mol. The minimum Gasteiger partial charge on any atom is -0.311 e. The molecule has 0 saturated carbocycles. The Hall–Kier alpha value is -0.680. The lowest BCUT2D eigenvalue weighted by Crippen LogP contribution is -2.30. The van der Waals surface area contributed by atoms with E-state index in [0.29, 0.717) is 6.04 Å². The van der Waals surface area contributed by atoms with E-state index in [2.05, 4.69) is 105 Å². The van der Waals surface area contributed by atoms with Crippen LogP contribution >= 0.6 is 31.9 Å². The summed E-state index contributed by atoms with van der Waals surface area (Å²) >= 11 is 7.04. The summed E-state index contributed by atoms with van der Waals surface area (Å²) in [5.41, 5.74) is 2.61. The fraction of sp³-hybridized carbons (Fsp3) is 0.294. The first-order valence-corrected chi connectivity index (χ1v) is 8.52. The van der Waals surface area contributed by atoms with Crippen molar-refractivity contribution >= 4 is 31.9 Å². The van der Waals surface area contributed by atoms with Crippen molar-refractivity contribution in [2.75, 3.05) is 20.6 Å². The average Bonchev–Trinajstić information content (AvgIpc) is 2.48. The van der Waals surface area contributed by atoms with Crippen LogP contribution in [-0.4, -0.2) is 25.5 Å². The second-order valence-corrected chi connectivity index (χ2v) is 6.98. The van der Waals surface area contributed by atoms with Gasteiger partial charge in [0.25, 0.3) is 0 Å². The highest BCUT2D eigenvalue weighted by molar-refractivity contribution is 9.13. The van der Waals surface area contributed by atoms with Gasteiger partial charge in [0, 0.05) is 28.1 Å². The first-order chi connectivity index (χ1) is 10.1. The van der Waals surface area contributed by atoms with E-state index >= 15 is 0 Å². The Morgan fingerprint density at radius 1 is 1.00 bits per heavy atom. The van der Waals surface area contributed by atoms with Crippen molar-refractivity contribution in [3.8, 4) is 0 Å². The second-order valence-electron chi connectivity index (χ2n) is 5.27. The van der Waals surface area contributed by atoms with Crippen molar-refractivity contribution in [2.24, 2.45) is 0 Å². The minimum absolute atomic E-state index is 0.380. The molecule has 2 nitrogen and oxygen atoms in total. The van der Waals surface area contributed by atoms with Gasteiger partial charge in [0.1, 0.15) is 0 Å². The minimum atomic E-state index is 0.380. The van der Waals surface area contributed by atoms with E-state index in [1.54, 1.807) is 0 Å². The van der Waals surface area contributed by atoms with Crippen LogP contribution in [0.2, 0.25) is 0 Å². The van der Waals surface area contributed by atoms with Gasteiger partial charge in [-0.05, 0) is 69.2 Å². The topological polar surface area (TPSA) is 15.3 Å². The van der Waals surface area contributed by atoms with Crippen molar-refractivity contribution in [1.29, 1.82) is 0 Å². The van der Waals surface area contributed by atoms with Crippen LogP contribution in [0.5, 0.6) is 0 Å². The maximum Gasteiger partial charge on any atom is 0.0466 e. The van der Waals surface area contributed by atoms with Crippen LogP contribution in [-0.2, 0) is 6.54 Å². The number of likely N-dealkylation sites (N-methyl/N-ethyl adjacent to an activating group) is 1. The lowest BCUT2D eigenvalue weighted by Gasteiger charge is -2.25. The third kappa shape index (κ3) is 4.92. The molecule has 2 aromatic carbocycles. The van der Waals surface area contributed by atoms with Gasteiger partial charge in [-0.15, -0.1) is 0 Å². The zero-order valence-electron chi connectivity index (χ0n) is 12.3. The van der Waals surface area contributed by atoms with Gasteiger partial charge in [-0.3, -0.25) is 0 Å². The Bertz CT molecular complexity index is 570. The van der Waals surface area contributed by atoms with Gasteiger partial charge >= 0.3 is 0 Å². The molecule has 2 rings (SSSR count). The average molecular weight is 412 g/mol. The Kier molecular flexibility index (Phi) is 6.42. The standard InChI is InChI=1S/C17H20Br2N2/c1-21(2)17(14-6-4-3-5-7-14)12-20-11-13-8-9-15(18)16(19)10-13/h3-10,17,20H,11-12H2,1-2H3. The maximum atomic E-state index is 3.55. The molecule has 0 heterocycles. The molecule has 1 N–H and O–H groups in total. The molecule has 0 aliphatic rings. The molecule has 1 atom stereocenters. The van der Waals surface area contributed by atoms with Gasteiger partial charge in [0.15, 0.2) is 0 Å². The Morgan fingerprint density at radius 2 is 1.71 bits per heavy atom. The summed E-state index contributed by atoms with van der Waals surface area (Å²) in [6.45, 7) is 1.79. The zero-order chi connectivity index (χ0) is 15.2. The molecule has 0 amide bonds. The highest BCUT2D eigenvalue weighted by atomic mass is 79.9. The lowest BCUT2D eigenvalue weighted by molar-refractivity contribution is 0.288. The molecule has 2 aromatic rings. The fourth-order valence-electron chi connectivity index (χ4n) is 2.28. The summed E-state index contributed by atoms with van der Waals surface area (Å²) in [5.74, 6) is 0. The smallest absolute Gasteiger partial charge is 0.0466 e. The monoisotopic (exact) mass is 410 g/mol. The molecular formula is C17H20Br2N2. The maximum absolute atomic E-state index is 3.55. The largest absolute Gasteiger partial charge is 0.311 e. The summed E-state index contributed by atoms with van der Waals surface area (Å²) in [7, 11) is 4.24. The molecule has 4 heteroatoms. The molecule has 0 saturated heterocycles. The van der Waals surface area contributed by atoms with E-state index in [-0.39, 0.29) is 0 Å². The number of benzene rings is 2. The second kappa shape index (κ2) is 8.08. The van der Waals surface area contributed by atoms with Crippen molar-refractivity contribution in [1.82, 2.24) is 10.2 Å². The Morgan fingerprint density at radius 3 is 2.33 bits per heavy atom. The summed E-state index contributed by atoms with van der Waals surface area (Å²) < 4.78 is 2.18. The van der Waals surface area contributed by atoms with Crippen LogP contribution in [0, 0.1) is 0 Å². The van der Waals surface area contributed by atoms with E-state index < -0.39 is 0 Å². The number of hydrogen-bond acceptors (Lipinski definition) is 2. The van der Waals surface area contributed by atoms with Crippen LogP contribution in [0.4, 0.5) is 0 Å². The molecule has 0 bridgehead atoms. The highest BCUT2D eigenvalue weighted by Gasteiger charge is 2.13. The van der Waals surface area contributed by atoms with Crippen molar-refractivity contribution in [3.63, 3.8) is 0 Å². The molecule has 0 fully saturated rings. The van der Waals surface area contributed by atoms with Crippen LogP contribution in [0.3, 0.4) is 0 Å². The predicted molar refractivity (Wildman–Crippen MR) is 96.4 cm³/mol. The van der Waals surface area contributed by atoms with E-state index in [9.17, 15) is 0 Å². The van der Waals surface area contributed by atoms with E-state index in [0.717, 1.165) is 22.0 Å². The zero-order valence-corrected chi connectivity index (χ0v) is 15.5. The van der Waals surface area contributed by atoms with Gasteiger partial charge in [0.2, 0.25) is 0 Å². The number of nitrogens with zero attached hydrogens (tertiary/aromatic N) is 1. The molecule has 0 radical (unpaired) electrons. The molecule has 1 unspecified atom stereocenters. The first kappa shape index (κ1) is 16.7. The number of hydrogen-bond donors (Lipinski definition) is 1. The van der Waals surface area contributed by atoms with Crippen LogP contribution in [0.25, 0.3) is 0 Å². The molecule has 0 aliphatic carbocycles.